The van der Waals surface area contributed by atoms with Gasteiger partial charge in [-0.2, -0.15) is 0 Å². The van der Waals surface area contributed by atoms with Crippen LogP contribution < -0.4 is 4.90 Å². The zero-order valence-electron chi connectivity index (χ0n) is 17.4. The van der Waals surface area contributed by atoms with Crippen LogP contribution in [-0.2, 0) is 0 Å². The van der Waals surface area contributed by atoms with Gasteiger partial charge in [0.1, 0.15) is 11.6 Å². The highest BCUT2D eigenvalue weighted by Crippen LogP contribution is 2.35. The van der Waals surface area contributed by atoms with Crippen molar-refractivity contribution in [3.05, 3.63) is 66.1 Å². The predicted molar refractivity (Wildman–Crippen MR) is 118 cm³/mol. The van der Waals surface area contributed by atoms with Gasteiger partial charge < -0.3 is 10.0 Å². The van der Waals surface area contributed by atoms with Gasteiger partial charge in [-0.15, -0.1) is 0 Å². The first-order valence-electron chi connectivity index (χ1n) is 10.4. The van der Waals surface area contributed by atoms with E-state index in [1.807, 2.05) is 50.2 Å². The number of hydrogen-bond acceptors (Lipinski definition) is 5. The average molecular weight is 407 g/mol. The summed E-state index contributed by atoms with van der Waals surface area (Å²) in [6.07, 6.45) is -0.350. The van der Waals surface area contributed by atoms with E-state index in [0.29, 0.717) is 17.9 Å². The van der Waals surface area contributed by atoms with Gasteiger partial charge in [0, 0.05) is 49.4 Å². The Bertz CT molecular complexity index is 1000. The van der Waals surface area contributed by atoms with Gasteiger partial charge in [0.2, 0.25) is 0 Å². The minimum atomic E-state index is -0.350. The molecular weight excluding hydrogens is 379 g/mol. The van der Waals surface area contributed by atoms with Crippen molar-refractivity contribution in [1.29, 1.82) is 0 Å². The number of aryl methyl sites for hydroxylation is 1. The lowest BCUT2D eigenvalue weighted by molar-refractivity contribution is 0.122. The van der Waals surface area contributed by atoms with Crippen LogP contribution in [0.15, 0.2) is 54.6 Å². The number of β-amino-alcohol motifs (C(OH)–C–C–N with tert-alkyl or cyclic N) is 1. The molecule has 1 aliphatic heterocycles. The fraction of sp³-hybridized carbons (Fsp3) is 0.333. The number of piperazine rings is 1. The van der Waals surface area contributed by atoms with Crippen LogP contribution in [0.4, 0.5) is 10.2 Å². The van der Waals surface area contributed by atoms with Crippen LogP contribution >= 0.6 is 0 Å². The van der Waals surface area contributed by atoms with E-state index in [-0.39, 0.29) is 11.9 Å². The van der Waals surface area contributed by atoms with Crippen LogP contribution in [0.25, 0.3) is 22.5 Å². The summed E-state index contributed by atoms with van der Waals surface area (Å²) < 4.78 is 14.7. The Balaban J connectivity index is 1.76. The molecule has 1 saturated heterocycles. The van der Waals surface area contributed by atoms with Crippen molar-refractivity contribution in [2.45, 2.75) is 20.0 Å². The van der Waals surface area contributed by atoms with Crippen LogP contribution in [0.2, 0.25) is 0 Å². The Morgan fingerprint density at radius 3 is 2.30 bits per heavy atom. The normalized spacial score (nSPS) is 15.9. The van der Waals surface area contributed by atoms with Crippen molar-refractivity contribution in [1.82, 2.24) is 14.9 Å². The number of nitrogens with zero attached hydrogens (tertiary/aromatic N) is 4. The molecule has 0 saturated carbocycles. The third kappa shape index (κ3) is 4.35. The second-order valence-corrected chi connectivity index (χ2v) is 7.81. The monoisotopic (exact) mass is 406 g/mol. The van der Waals surface area contributed by atoms with E-state index in [1.54, 1.807) is 12.1 Å². The molecule has 1 unspecified atom stereocenters. The molecule has 4 rings (SSSR count). The molecule has 1 atom stereocenters. The molecule has 6 heteroatoms. The Labute approximate surface area is 176 Å². The first-order valence-corrected chi connectivity index (χ1v) is 10.4. The summed E-state index contributed by atoms with van der Waals surface area (Å²) in [5.74, 6) is 1.14. The molecule has 1 aromatic heterocycles. The van der Waals surface area contributed by atoms with Gasteiger partial charge >= 0.3 is 0 Å². The number of hydrogen-bond donors (Lipinski definition) is 1. The largest absolute Gasteiger partial charge is 0.392 e. The molecule has 156 valence electrons. The number of benzene rings is 2. The number of halogens is 1. The Morgan fingerprint density at radius 2 is 1.63 bits per heavy atom. The molecule has 30 heavy (non-hydrogen) atoms. The first kappa shape index (κ1) is 20.4. The molecule has 3 aromatic rings. The number of rotatable bonds is 5. The molecule has 2 heterocycles. The quantitative estimate of drug-likeness (QED) is 0.699. The second-order valence-electron chi connectivity index (χ2n) is 7.81. The summed E-state index contributed by atoms with van der Waals surface area (Å²) in [6.45, 7) is 7.56. The standard InChI is InChI=1S/C24H27FN4O/c1-17(30)16-28-12-14-29(15-13-28)24-22(20-10-6-7-11-21(20)25)18(2)26-23(27-24)19-8-4-3-5-9-19/h3-11,17,30H,12-16H2,1-2H3. The van der Waals surface area contributed by atoms with Gasteiger partial charge in [-0.25, -0.2) is 14.4 Å². The lowest BCUT2D eigenvalue weighted by Gasteiger charge is -2.37. The first-order chi connectivity index (χ1) is 14.5. The molecule has 0 amide bonds. The van der Waals surface area contributed by atoms with Crippen molar-refractivity contribution < 1.29 is 9.50 Å². The van der Waals surface area contributed by atoms with E-state index in [4.69, 9.17) is 9.97 Å². The van der Waals surface area contributed by atoms with Gasteiger partial charge in [-0.05, 0) is 19.9 Å². The molecular formula is C24H27FN4O. The van der Waals surface area contributed by atoms with Gasteiger partial charge in [0.05, 0.1) is 11.8 Å². The van der Waals surface area contributed by atoms with Crippen molar-refractivity contribution >= 4 is 5.82 Å². The predicted octanol–water partition coefficient (Wildman–Crippen LogP) is 3.76. The molecule has 1 fully saturated rings. The number of anilines is 1. The summed E-state index contributed by atoms with van der Waals surface area (Å²) in [4.78, 5) is 14.1. The lowest BCUT2D eigenvalue weighted by atomic mass is 10.0. The zero-order valence-corrected chi connectivity index (χ0v) is 17.4. The highest BCUT2D eigenvalue weighted by atomic mass is 19.1. The van der Waals surface area contributed by atoms with Crippen LogP contribution in [0.5, 0.6) is 0 Å². The Kier molecular flexibility index (Phi) is 6.06. The third-order valence-electron chi connectivity index (χ3n) is 5.44. The molecule has 0 spiro atoms. The summed E-state index contributed by atoms with van der Waals surface area (Å²) in [5, 5.41) is 9.69. The van der Waals surface area contributed by atoms with Crippen molar-refractivity contribution in [3.8, 4) is 22.5 Å². The molecule has 1 N–H and O–H groups in total. The average Bonchev–Trinajstić information content (AvgIpc) is 2.75. The summed E-state index contributed by atoms with van der Waals surface area (Å²) in [7, 11) is 0. The van der Waals surface area contributed by atoms with E-state index in [0.717, 1.165) is 48.8 Å². The van der Waals surface area contributed by atoms with E-state index in [9.17, 15) is 9.50 Å². The topological polar surface area (TPSA) is 52.5 Å². The maximum Gasteiger partial charge on any atom is 0.161 e. The van der Waals surface area contributed by atoms with Crippen LogP contribution in [0.1, 0.15) is 12.6 Å². The van der Waals surface area contributed by atoms with Gasteiger partial charge in [0.25, 0.3) is 0 Å². The molecule has 2 aromatic carbocycles. The fourth-order valence-corrected chi connectivity index (χ4v) is 4.00. The number of aliphatic hydroxyl groups is 1. The van der Waals surface area contributed by atoms with Crippen molar-refractivity contribution in [3.63, 3.8) is 0 Å². The number of aliphatic hydroxyl groups excluding tert-OH is 1. The molecule has 5 nitrogen and oxygen atoms in total. The van der Waals surface area contributed by atoms with Crippen LogP contribution in [0, 0.1) is 12.7 Å². The second kappa shape index (κ2) is 8.90. The highest BCUT2D eigenvalue weighted by Gasteiger charge is 2.25. The fourth-order valence-electron chi connectivity index (χ4n) is 4.00. The minimum Gasteiger partial charge on any atom is -0.392 e. The SMILES string of the molecule is Cc1nc(-c2ccccc2)nc(N2CCN(CC(C)O)CC2)c1-c1ccccc1F. The molecule has 0 bridgehead atoms. The summed E-state index contributed by atoms with van der Waals surface area (Å²) in [5.41, 5.74) is 2.97. The van der Waals surface area contributed by atoms with Crippen LogP contribution in [-0.4, -0.2) is 58.8 Å². The molecule has 0 radical (unpaired) electrons. The third-order valence-corrected chi connectivity index (χ3v) is 5.44. The number of aromatic nitrogens is 2. The molecule has 1 aliphatic rings. The van der Waals surface area contributed by atoms with E-state index >= 15 is 0 Å². The van der Waals surface area contributed by atoms with Crippen LogP contribution in [0.3, 0.4) is 0 Å². The van der Waals surface area contributed by atoms with Gasteiger partial charge in [-0.1, -0.05) is 48.5 Å². The zero-order chi connectivity index (χ0) is 21.1. The lowest BCUT2D eigenvalue weighted by Crippen LogP contribution is -2.48. The smallest absolute Gasteiger partial charge is 0.161 e. The van der Waals surface area contributed by atoms with Crippen molar-refractivity contribution in [2.24, 2.45) is 0 Å². The minimum absolute atomic E-state index is 0.273. The Hall–Kier alpha value is -2.83. The van der Waals surface area contributed by atoms with E-state index < -0.39 is 0 Å². The van der Waals surface area contributed by atoms with E-state index in [2.05, 4.69) is 9.80 Å². The Morgan fingerprint density at radius 1 is 0.967 bits per heavy atom. The summed E-state index contributed by atoms with van der Waals surface area (Å²) in [6, 6.07) is 16.7. The van der Waals surface area contributed by atoms with Crippen molar-refractivity contribution in [2.75, 3.05) is 37.6 Å². The molecule has 0 aliphatic carbocycles. The maximum atomic E-state index is 14.7. The maximum absolute atomic E-state index is 14.7. The van der Waals surface area contributed by atoms with E-state index in [1.165, 1.54) is 6.07 Å². The van der Waals surface area contributed by atoms with Gasteiger partial charge in [-0.3, -0.25) is 4.90 Å². The highest BCUT2D eigenvalue weighted by molar-refractivity contribution is 5.80. The van der Waals surface area contributed by atoms with Gasteiger partial charge in [0.15, 0.2) is 5.82 Å². The summed E-state index contributed by atoms with van der Waals surface area (Å²) >= 11 is 0.